The molecular formula is C13H11ClN2O4. The number of pyridine rings is 1. The van der Waals surface area contributed by atoms with E-state index in [1.165, 1.54) is 18.5 Å². The zero-order valence-electron chi connectivity index (χ0n) is 10.6. The standard InChI is InChI=1S/C13H11ClN2O4/c1-8-9(4-6-19-8)13(18)20-7-11(17)16-10-3-2-5-15-12(10)14/h2-6H,7H2,1H3,(H,16,17). The summed E-state index contributed by atoms with van der Waals surface area (Å²) in [6.07, 6.45) is 2.88. The summed E-state index contributed by atoms with van der Waals surface area (Å²) in [6.45, 7) is 1.21. The fraction of sp³-hybridized carbons (Fsp3) is 0.154. The topological polar surface area (TPSA) is 81.4 Å². The molecule has 0 radical (unpaired) electrons. The van der Waals surface area contributed by atoms with Gasteiger partial charge in [-0.15, -0.1) is 0 Å². The van der Waals surface area contributed by atoms with Crippen molar-refractivity contribution in [1.29, 1.82) is 0 Å². The van der Waals surface area contributed by atoms with Gasteiger partial charge in [-0.2, -0.15) is 0 Å². The summed E-state index contributed by atoms with van der Waals surface area (Å²) in [7, 11) is 0. The SMILES string of the molecule is Cc1occc1C(=O)OCC(=O)Nc1cccnc1Cl. The number of amides is 1. The number of ether oxygens (including phenoxy) is 1. The van der Waals surface area contributed by atoms with Gasteiger partial charge >= 0.3 is 5.97 Å². The van der Waals surface area contributed by atoms with Crippen LogP contribution >= 0.6 is 11.6 Å². The van der Waals surface area contributed by atoms with Crippen molar-refractivity contribution in [2.75, 3.05) is 11.9 Å². The number of rotatable bonds is 4. The van der Waals surface area contributed by atoms with Crippen molar-refractivity contribution in [1.82, 2.24) is 4.98 Å². The van der Waals surface area contributed by atoms with Crippen molar-refractivity contribution in [3.05, 3.63) is 47.1 Å². The maximum absolute atomic E-state index is 11.6. The second kappa shape index (κ2) is 6.21. The Kier molecular flexibility index (Phi) is 4.37. The lowest BCUT2D eigenvalue weighted by atomic mass is 10.3. The highest BCUT2D eigenvalue weighted by molar-refractivity contribution is 6.32. The van der Waals surface area contributed by atoms with Crippen LogP contribution in [0.3, 0.4) is 0 Å². The number of halogens is 1. The molecule has 2 heterocycles. The zero-order valence-corrected chi connectivity index (χ0v) is 11.3. The Morgan fingerprint density at radius 3 is 2.90 bits per heavy atom. The predicted molar refractivity (Wildman–Crippen MR) is 71.6 cm³/mol. The summed E-state index contributed by atoms with van der Waals surface area (Å²) in [6, 6.07) is 4.70. The Balaban J connectivity index is 1.89. The van der Waals surface area contributed by atoms with Crippen LogP contribution in [-0.4, -0.2) is 23.5 Å². The van der Waals surface area contributed by atoms with E-state index in [1.54, 1.807) is 19.1 Å². The van der Waals surface area contributed by atoms with Crippen molar-refractivity contribution in [3.8, 4) is 0 Å². The van der Waals surface area contributed by atoms with E-state index in [2.05, 4.69) is 10.3 Å². The first-order chi connectivity index (χ1) is 9.58. The fourth-order valence-electron chi connectivity index (χ4n) is 1.47. The predicted octanol–water partition coefficient (Wildman–Crippen LogP) is 2.43. The molecule has 2 aromatic heterocycles. The average molecular weight is 295 g/mol. The minimum atomic E-state index is -0.622. The largest absolute Gasteiger partial charge is 0.469 e. The minimum absolute atomic E-state index is 0.165. The first-order valence-corrected chi connectivity index (χ1v) is 6.07. The van der Waals surface area contributed by atoms with Crippen LogP contribution in [-0.2, 0) is 9.53 Å². The molecule has 2 rings (SSSR count). The molecule has 0 bridgehead atoms. The molecule has 0 atom stereocenters. The van der Waals surface area contributed by atoms with Gasteiger partial charge in [0.05, 0.1) is 12.0 Å². The lowest BCUT2D eigenvalue weighted by Gasteiger charge is -2.06. The van der Waals surface area contributed by atoms with E-state index in [-0.39, 0.29) is 10.7 Å². The van der Waals surface area contributed by atoms with Crippen LogP contribution in [0, 0.1) is 6.92 Å². The third kappa shape index (κ3) is 3.36. The molecule has 0 aliphatic carbocycles. The lowest BCUT2D eigenvalue weighted by Crippen LogP contribution is -2.21. The number of furan rings is 1. The van der Waals surface area contributed by atoms with Crippen LogP contribution in [0.4, 0.5) is 5.69 Å². The van der Waals surface area contributed by atoms with Crippen molar-refractivity contribution < 1.29 is 18.7 Å². The maximum atomic E-state index is 11.6. The van der Waals surface area contributed by atoms with Crippen LogP contribution in [0.5, 0.6) is 0 Å². The van der Waals surface area contributed by atoms with E-state index < -0.39 is 18.5 Å². The molecule has 7 heteroatoms. The van der Waals surface area contributed by atoms with Crippen LogP contribution < -0.4 is 5.32 Å². The number of aromatic nitrogens is 1. The smallest absolute Gasteiger partial charge is 0.342 e. The van der Waals surface area contributed by atoms with Crippen LogP contribution in [0.25, 0.3) is 0 Å². The molecule has 0 spiro atoms. The first kappa shape index (κ1) is 14.1. The van der Waals surface area contributed by atoms with Gasteiger partial charge in [0, 0.05) is 6.20 Å². The molecule has 1 N–H and O–H groups in total. The van der Waals surface area contributed by atoms with Gasteiger partial charge in [0.1, 0.15) is 11.3 Å². The van der Waals surface area contributed by atoms with Crippen molar-refractivity contribution in [2.24, 2.45) is 0 Å². The number of carbonyl (C=O) groups excluding carboxylic acids is 2. The summed E-state index contributed by atoms with van der Waals surface area (Å²) in [5.74, 6) is -0.691. The Labute approximate surface area is 119 Å². The highest BCUT2D eigenvalue weighted by atomic mass is 35.5. The number of hydrogen-bond acceptors (Lipinski definition) is 5. The Hall–Kier alpha value is -2.34. The van der Waals surface area contributed by atoms with E-state index >= 15 is 0 Å². The molecule has 104 valence electrons. The summed E-state index contributed by atoms with van der Waals surface area (Å²) in [5, 5.41) is 2.66. The van der Waals surface area contributed by atoms with Gasteiger partial charge in [-0.1, -0.05) is 11.6 Å². The third-order valence-electron chi connectivity index (χ3n) is 2.45. The Morgan fingerprint density at radius 2 is 2.25 bits per heavy atom. The van der Waals surface area contributed by atoms with Crippen molar-refractivity contribution in [3.63, 3.8) is 0 Å². The van der Waals surface area contributed by atoms with Gasteiger partial charge < -0.3 is 14.5 Å². The van der Waals surface area contributed by atoms with E-state index in [0.717, 1.165) is 0 Å². The van der Waals surface area contributed by atoms with E-state index in [0.29, 0.717) is 11.4 Å². The molecule has 0 unspecified atom stereocenters. The molecule has 0 saturated heterocycles. The summed E-state index contributed by atoms with van der Waals surface area (Å²) >= 11 is 5.79. The second-order valence-corrected chi connectivity index (χ2v) is 4.21. The molecule has 0 saturated carbocycles. The Bertz CT molecular complexity index is 639. The van der Waals surface area contributed by atoms with Crippen LogP contribution in [0.15, 0.2) is 35.1 Å². The monoisotopic (exact) mass is 294 g/mol. The van der Waals surface area contributed by atoms with Crippen LogP contribution in [0.2, 0.25) is 5.15 Å². The van der Waals surface area contributed by atoms with Gasteiger partial charge in [0.2, 0.25) is 0 Å². The number of hydrogen-bond donors (Lipinski definition) is 1. The lowest BCUT2D eigenvalue weighted by molar-refractivity contribution is -0.119. The highest BCUT2D eigenvalue weighted by Crippen LogP contribution is 2.17. The Morgan fingerprint density at radius 1 is 1.45 bits per heavy atom. The minimum Gasteiger partial charge on any atom is -0.469 e. The number of nitrogens with one attached hydrogen (secondary N) is 1. The molecule has 1 amide bonds. The molecule has 6 nitrogen and oxygen atoms in total. The number of esters is 1. The number of aryl methyl sites for hydroxylation is 1. The molecule has 0 aliphatic rings. The van der Waals surface area contributed by atoms with Gasteiger partial charge in [-0.25, -0.2) is 9.78 Å². The van der Waals surface area contributed by atoms with Crippen molar-refractivity contribution in [2.45, 2.75) is 6.92 Å². The fourth-order valence-corrected chi connectivity index (χ4v) is 1.64. The summed E-state index contributed by atoms with van der Waals surface area (Å²) in [4.78, 5) is 27.1. The number of anilines is 1. The number of carbonyl (C=O) groups is 2. The normalized spacial score (nSPS) is 10.1. The molecule has 0 aliphatic heterocycles. The quantitative estimate of drug-likeness (QED) is 0.692. The van der Waals surface area contributed by atoms with Gasteiger partial charge in [-0.05, 0) is 25.1 Å². The van der Waals surface area contributed by atoms with Gasteiger partial charge in [0.25, 0.3) is 5.91 Å². The van der Waals surface area contributed by atoms with Gasteiger partial charge in [-0.3, -0.25) is 4.79 Å². The van der Waals surface area contributed by atoms with Gasteiger partial charge in [0.15, 0.2) is 11.8 Å². The third-order valence-corrected chi connectivity index (χ3v) is 2.75. The van der Waals surface area contributed by atoms with E-state index in [4.69, 9.17) is 20.8 Å². The summed E-state index contributed by atoms with van der Waals surface area (Å²) in [5.41, 5.74) is 0.645. The van der Waals surface area contributed by atoms with E-state index in [1.807, 2.05) is 0 Å². The maximum Gasteiger partial charge on any atom is 0.342 e. The van der Waals surface area contributed by atoms with Crippen molar-refractivity contribution >= 4 is 29.2 Å². The molecule has 0 aromatic carbocycles. The van der Waals surface area contributed by atoms with Crippen LogP contribution in [0.1, 0.15) is 16.1 Å². The summed E-state index contributed by atoms with van der Waals surface area (Å²) < 4.78 is 9.84. The first-order valence-electron chi connectivity index (χ1n) is 5.69. The highest BCUT2D eigenvalue weighted by Gasteiger charge is 2.15. The molecule has 2 aromatic rings. The second-order valence-electron chi connectivity index (χ2n) is 3.86. The van der Waals surface area contributed by atoms with E-state index in [9.17, 15) is 9.59 Å². The zero-order chi connectivity index (χ0) is 14.5. The molecular weight excluding hydrogens is 284 g/mol. The number of nitrogens with zero attached hydrogens (tertiary/aromatic N) is 1. The molecule has 0 fully saturated rings. The average Bonchev–Trinajstić information content (AvgIpc) is 2.85. The molecule has 20 heavy (non-hydrogen) atoms.